The van der Waals surface area contributed by atoms with E-state index in [-0.39, 0.29) is 58.9 Å². The van der Waals surface area contributed by atoms with E-state index in [4.69, 9.17) is 13.8 Å². The number of pyridine rings is 3. The lowest BCUT2D eigenvalue weighted by Gasteiger charge is -2.48. The fourth-order valence-electron chi connectivity index (χ4n) is 12.2. The van der Waals surface area contributed by atoms with Crippen molar-refractivity contribution in [1.82, 2.24) is 34.6 Å². The van der Waals surface area contributed by atoms with Gasteiger partial charge in [-0.15, -0.1) is 0 Å². The smallest absolute Gasteiger partial charge is 0.276 e. The molecule has 3 N–H and O–H groups in total. The van der Waals surface area contributed by atoms with E-state index in [1.54, 1.807) is 48.5 Å². The highest BCUT2D eigenvalue weighted by atomic mass is 16.5. The molecule has 3 fully saturated rings. The lowest BCUT2D eigenvalue weighted by molar-refractivity contribution is -0.136. The van der Waals surface area contributed by atoms with Crippen molar-refractivity contribution in [3.05, 3.63) is 101 Å². The molecule has 374 valence electrons. The van der Waals surface area contributed by atoms with Gasteiger partial charge in [0.2, 0.25) is 17.7 Å². The third kappa shape index (κ3) is 8.23. The zero-order chi connectivity index (χ0) is 52.8. The number of nitrogens with zero attached hydrogens (tertiary/aromatic N) is 9. The number of ether oxygens (including phenoxy) is 1. The molecule has 0 radical (unpaired) electrons. The second-order valence-electron chi connectivity index (χ2n) is 21.0. The zero-order valence-electron chi connectivity index (χ0n) is 44.1. The summed E-state index contributed by atoms with van der Waals surface area (Å²) < 4.78 is 31.2. The summed E-state index contributed by atoms with van der Waals surface area (Å²) in [4.78, 5) is 89.0. The molecule has 3 saturated heterocycles. The van der Waals surface area contributed by atoms with Crippen LogP contribution in [0.5, 0.6) is 5.88 Å². The summed E-state index contributed by atoms with van der Waals surface area (Å²) in [6.07, 6.45) is 7.63. The molecule has 9 heterocycles. The topological polar surface area (TPSA) is 199 Å². The number of aliphatic hydroxyl groups excluding tert-OH is 1. The number of nitrogens with one attached hydrogen (secondary N) is 2. The van der Waals surface area contributed by atoms with Gasteiger partial charge in [-0.25, -0.2) is 15.0 Å². The summed E-state index contributed by atoms with van der Waals surface area (Å²) in [5, 5.41) is 16.8. The zero-order valence-corrected chi connectivity index (χ0v) is 41.1. The van der Waals surface area contributed by atoms with Crippen molar-refractivity contribution in [2.24, 2.45) is 5.41 Å². The Kier molecular flexibility index (Phi) is 11.0. The van der Waals surface area contributed by atoms with Crippen molar-refractivity contribution in [3.8, 4) is 17.0 Å². The Balaban J connectivity index is 0.753. The highest BCUT2D eigenvalue weighted by Crippen LogP contribution is 2.42. The third-order valence-electron chi connectivity index (χ3n) is 15.6. The van der Waals surface area contributed by atoms with Crippen LogP contribution in [0.1, 0.15) is 119 Å². The van der Waals surface area contributed by atoms with Crippen molar-refractivity contribution < 1.29 is 37.9 Å². The number of hydrogen-bond acceptors (Lipinski definition) is 14. The number of rotatable bonds is 10. The van der Waals surface area contributed by atoms with Crippen LogP contribution in [-0.2, 0) is 29.0 Å². The maximum atomic E-state index is 14.2. The molecular formula is C54H61N11O7. The summed E-state index contributed by atoms with van der Waals surface area (Å²) in [6.45, 7) is 14.7. The number of piperidine rings is 2. The van der Waals surface area contributed by atoms with E-state index in [2.05, 4.69) is 67.6 Å². The third-order valence-corrected chi connectivity index (χ3v) is 15.6. The first-order chi connectivity index (χ1) is 35.7. The van der Waals surface area contributed by atoms with Gasteiger partial charge in [0.1, 0.15) is 29.1 Å². The Hall–Kier alpha value is -7.18. The maximum absolute atomic E-state index is 14.2. The molecule has 5 atom stereocenters. The number of benzene rings is 1. The first-order valence-corrected chi connectivity index (χ1v) is 25.0. The number of piperazine rings is 1. The van der Waals surface area contributed by atoms with Crippen LogP contribution >= 0.6 is 0 Å². The molecule has 1 unspecified atom stereocenters. The Labute approximate surface area is 422 Å². The average molecular weight is 979 g/mol. The monoisotopic (exact) mass is 978 g/mol. The Morgan fingerprint density at radius 2 is 1.64 bits per heavy atom. The number of carbonyl (C=O) groups excluding carboxylic acids is 5. The SMILES string of the molecule is [2H]C([2H])([2H])Oc1ncc(-c2ccnc(N3CCn4c(cc5c4CC(C)(C)C5)C3=O)c2[C@@H](C)O)cc1Nc1ccc(N2CCN(C3CCN(c4ccc5c(c4)C(=O)N([C@H]4CCC(=O)NC4=O)C5=O)[C@H](C)C3)C[C@@H]2C)cn1. The van der Waals surface area contributed by atoms with Gasteiger partial charge in [0, 0.05) is 98.7 Å². The van der Waals surface area contributed by atoms with Gasteiger partial charge < -0.3 is 29.5 Å². The van der Waals surface area contributed by atoms with Crippen LogP contribution in [0.15, 0.2) is 67.1 Å². The fraction of sp³-hybridized carbons (Fsp3) is 0.444. The molecule has 0 bridgehead atoms. The largest absolute Gasteiger partial charge is 0.480 e. The molecule has 5 amide bonds. The summed E-state index contributed by atoms with van der Waals surface area (Å²) >= 11 is 0. The van der Waals surface area contributed by atoms with E-state index in [0.717, 1.165) is 68.1 Å². The van der Waals surface area contributed by atoms with Gasteiger partial charge in [0.15, 0.2) is 0 Å². The first kappa shape index (κ1) is 43.6. The lowest BCUT2D eigenvalue weighted by atomic mass is 9.90. The van der Waals surface area contributed by atoms with E-state index >= 15 is 0 Å². The number of imide groups is 2. The molecule has 18 heteroatoms. The van der Waals surface area contributed by atoms with Gasteiger partial charge in [-0.1, -0.05) is 13.8 Å². The van der Waals surface area contributed by atoms with Crippen molar-refractivity contribution in [2.75, 3.05) is 59.8 Å². The Bertz CT molecular complexity index is 3160. The number of carbonyl (C=O) groups is 5. The molecule has 0 spiro atoms. The van der Waals surface area contributed by atoms with E-state index in [1.807, 2.05) is 24.3 Å². The molecule has 5 aromatic rings. The number of aromatic nitrogens is 4. The quantitative estimate of drug-likeness (QED) is 0.140. The standard InChI is InChI=1S/C54H61N11O7/c1-30-21-35(14-16-61(30)36-7-9-39-40(24-36)52(70)65(51(39)69)42-10-12-46(67)59-49(42)68)60-17-18-62(31(2)29-60)37-8-11-45(56-28-37)58-41-22-34(27-57-50(41)72-6)38-13-15-55-48(47(38)32(3)66)64-20-19-63-43(53(64)71)23-33-25-54(4,5)26-44(33)63/h7-9,11,13,15,22-24,27-28,30-32,35,42,66H,10,12,14,16-21,25-26,29H2,1-6H3,(H,56,58)(H,59,67,68)/t30-,31+,32-,35?,42+/m1/s1/i6D3. The predicted octanol–water partition coefficient (Wildman–Crippen LogP) is 5.90. The molecule has 6 aliphatic rings. The van der Waals surface area contributed by atoms with Crippen LogP contribution in [0, 0.1) is 5.41 Å². The summed E-state index contributed by atoms with van der Waals surface area (Å²) in [5.41, 5.74) is 7.27. The number of anilines is 5. The van der Waals surface area contributed by atoms with Crippen molar-refractivity contribution >= 4 is 58.2 Å². The number of fused-ring (bicyclic) bond motifs is 4. The maximum Gasteiger partial charge on any atom is 0.276 e. The molecule has 5 aliphatic heterocycles. The van der Waals surface area contributed by atoms with Crippen LogP contribution in [0.4, 0.5) is 28.7 Å². The van der Waals surface area contributed by atoms with E-state index < -0.39 is 42.8 Å². The Morgan fingerprint density at radius 3 is 2.39 bits per heavy atom. The van der Waals surface area contributed by atoms with Crippen LogP contribution in [-0.4, -0.2) is 128 Å². The summed E-state index contributed by atoms with van der Waals surface area (Å²) in [7, 11) is -2.80. The number of methoxy groups -OCH3 is 1. The second kappa shape index (κ2) is 18.1. The molecule has 11 rings (SSSR count). The average Bonchev–Trinajstić information content (AvgIpc) is 3.96. The van der Waals surface area contributed by atoms with Crippen LogP contribution in [0.3, 0.4) is 0 Å². The van der Waals surface area contributed by atoms with Gasteiger partial charge in [0.25, 0.3) is 17.7 Å². The normalized spacial score (nSPS) is 24.3. The van der Waals surface area contributed by atoms with Crippen LogP contribution in [0.25, 0.3) is 11.1 Å². The molecular weight excluding hydrogens is 915 g/mol. The van der Waals surface area contributed by atoms with Crippen molar-refractivity contribution in [2.45, 2.75) is 110 Å². The van der Waals surface area contributed by atoms with Crippen molar-refractivity contribution in [3.63, 3.8) is 0 Å². The molecule has 1 aromatic carbocycles. The lowest BCUT2D eigenvalue weighted by Crippen LogP contribution is -2.58. The fourth-order valence-corrected chi connectivity index (χ4v) is 12.2. The minimum Gasteiger partial charge on any atom is -0.480 e. The van der Waals surface area contributed by atoms with Gasteiger partial charge in [-0.05, 0) is 118 Å². The highest BCUT2D eigenvalue weighted by molar-refractivity contribution is 6.23. The van der Waals surface area contributed by atoms with E-state index in [1.165, 1.54) is 17.5 Å². The Morgan fingerprint density at radius 1 is 0.833 bits per heavy atom. The minimum atomic E-state index is -2.80. The van der Waals surface area contributed by atoms with Crippen LogP contribution in [0.2, 0.25) is 0 Å². The summed E-state index contributed by atoms with van der Waals surface area (Å²) in [6, 6.07) is 14.2. The predicted molar refractivity (Wildman–Crippen MR) is 271 cm³/mol. The number of hydrogen-bond donors (Lipinski definition) is 3. The second-order valence-corrected chi connectivity index (χ2v) is 21.0. The molecule has 18 nitrogen and oxygen atoms in total. The first-order valence-electron chi connectivity index (χ1n) is 26.5. The molecule has 0 saturated carbocycles. The van der Waals surface area contributed by atoms with Crippen LogP contribution < -0.4 is 30.1 Å². The van der Waals surface area contributed by atoms with Gasteiger partial charge >= 0.3 is 0 Å². The number of amides is 5. The van der Waals surface area contributed by atoms with Gasteiger partial charge in [-0.2, -0.15) is 0 Å². The molecule has 72 heavy (non-hydrogen) atoms. The number of aliphatic hydroxyl groups is 1. The highest BCUT2D eigenvalue weighted by Gasteiger charge is 2.45. The van der Waals surface area contributed by atoms with E-state index in [0.29, 0.717) is 53.2 Å². The van der Waals surface area contributed by atoms with Crippen molar-refractivity contribution in [1.29, 1.82) is 0 Å². The minimum absolute atomic E-state index is 0.0653. The summed E-state index contributed by atoms with van der Waals surface area (Å²) in [5.74, 6) is -1.65. The molecule has 1 aliphatic carbocycles. The van der Waals surface area contributed by atoms with E-state index in [9.17, 15) is 29.1 Å². The molecule has 4 aromatic heterocycles. The van der Waals surface area contributed by atoms with Gasteiger partial charge in [-0.3, -0.25) is 44.0 Å². The van der Waals surface area contributed by atoms with Gasteiger partial charge in [0.05, 0.1) is 40.3 Å².